The first-order valence-electron chi connectivity index (χ1n) is 8.03. The second kappa shape index (κ2) is 4.98. The van der Waals surface area contributed by atoms with Crippen molar-refractivity contribution in [2.45, 2.75) is 65.5 Å². The molecule has 20 heavy (non-hydrogen) atoms. The first-order valence-corrected chi connectivity index (χ1v) is 8.03. The Labute approximate surface area is 122 Å². The molecule has 1 aliphatic carbocycles. The van der Waals surface area contributed by atoms with Gasteiger partial charge in [0.25, 0.3) is 0 Å². The number of anilines is 1. The highest BCUT2D eigenvalue weighted by molar-refractivity contribution is 5.60. The summed E-state index contributed by atoms with van der Waals surface area (Å²) in [5.74, 6) is 1.83. The normalized spacial score (nSPS) is 28.9. The minimum Gasteiger partial charge on any atom is -0.486 e. The number of benzene rings is 1. The maximum Gasteiger partial charge on any atom is 0.142 e. The number of hydrogen-bond acceptors (Lipinski definition) is 2. The molecular weight excluding hydrogens is 246 g/mol. The van der Waals surface area contributed by atoms with Crippen molar-refractivity contribution in [3.05, 3.63) is 23.8 Å². The molecule has 0 aromatic heterocycles. The molecule has 2 nitrogen and oxygen atoms in total. The van der Waals surface area contributed by atoms with Crippen LogP contribution in [-0.2, 0) is 0 Å². The van der Waals surface area contributed by atoms with Crippen molar-refractivity contribution in [1.29, 1.82) is 0 Å². The Kier molecular flexibility index (Phi) is 3.43. The molecule has 2 heteroatoms. The largest absolute Gasteiger partial charge is 0.486 e. The van der Waals surface area contributed by atoms with Gasteiger partial charge in [-0.25, -0.2) is 0 Å². The number of rotatable bonds is 2. The molecule has 1 fully saturated rings. The summed E-state index contributed by atoms with van der Waals surface area (Å²) in [7, 11) is 0. The smallest absolute Gasteiger partial charge is 0.142 e. The van der Waals surface area contributed by atoms with E-state index >= 15 is 0 Å². The Morgan fingerprint density at radius 2 is 2.10 bits per heavy atom. The molecule has 1 aliphatic heterocycles. The van der Waals surface area contributed by atoms with Gasteiger partial charge >= 0.3 is 0 Å². The highest BCUT2D eigenvalue weighted by Crippen LogP contribution is 2.44. The zero-order valence-electron chi connectivity index (χ0n) is 13.2. The topological polar surface area (TPSA) is 21.3 Å². The van der Waals surface area contributed by atoms with Crippen LogP contribution in [0.15, 0.2) is 18.2 Å². The van der Waals surface area contributed by atoms with E-state index in [1.807, 2.05) is 0 Å². The molecule has 3 rings (SSSR count). The van der Waals surface area contributed by atoms with Gasteiger partial charge in [-0.15, -0.1) is 0 Å². The summed E-state index contributed by atoms with van der Waals surface area (Å²) in [6, 6.07) is 6.93. The molecule has 0 amide bonds. The highest BCUT2D eigenvalue weighted by Gasteiger charge is 2.40. The van der Waals surface area contributed by atoms with Crippen LogP contribution in [0.25, 0.3) is 0 Å². The van der Waals surface area contributed by atoms with Crippen LogP contribution >= 0.6 is 0 Å². The van der Waals surface area contributed by atoms with E-state index in [1.165, 1.54) is 36.9 Å². The van der Waals surface area contributed by atoms with Crippen molar-refractivity contribution in [2.24, 2.45) is 11.3 Å². The Bertz CT molecular complexity index is 494. The van der Waals surface area contributed by atoms with Gasteiger partial charge in [-0.2, -0.15) is 0 Å². The molecule has 0 saturated heterocycles. The summed E-state index contributed by atoms with van der Waals surface area (Å²) in [6.07, 6.45) is 5.32. The summed E-state index contributed by atoms with van der Waals surface area (Å²) >= 11 is 0. The van der Waals surface area contributed by atoms with Crippen molar-refractivity contribution < 1.29 is 4.74 Å². The minimum atomic E-state index is 0.356. The average Bonchev–Trinajstić information content (AvgIpc) is 2.44. The van der Waals surface area contributed by atoms with Crippen molar-refractivity contribution in [3.63, 3.8) is 0 Å². The average molecular weight is 273 g/mol. The maximum atomic E-state index is 6.22. The van der Waals surface area contributed by atoms with Crippen LogP contribution in [-0.4, -0.2) is 12.1 Å². The molecule has 1 N–H and O–H groups in total. The van der Waals surface area contributed by atoms with Crippen molar-refractivity contribution in [3.8, 4) is 5.75 Å². The van der Waals surface area contributed by atoms with Gasteiger partial charge in [0.05, 0.1) is 11.7 Å². The van der Waals surface area contributed by atoms with Crippen LogP contribution < -0.4 is 10.1 Å². The van der Waals surface area contributed by atoms with Crippen LogP contribution in [0.5, 0.6) is 5.75 Å². The van der Waals surface area contributed by atoms with Crippen molar-refractivity contribution in [2.75, 3.05) is 5.32 Å². The molecule has 1 aromatic carbocycles. The van der Waals surface area contributed by atoms with Crippen LogP contribution in [0.4, 0.5) is 5.69 Å². The lowest BCUT2D eigenvalue weighted by Crippen LogP contribution is -2.48. The van der Waals surface area contributed by atoms with E-state index in [0.717, 1.165) is 11.7 Å². The first kappa shape index (κ1) is 13.8. The lowest BCUT2D eigenvalue weighted by atomic mass is 9.67. The fourth-order valence-corrected chi connectivity index (χ4v) is 3.66. The molecule has 3 unspecified atom stereocenters. The van der Waals surface area contributed by atoms with Crippen LogP contribution in [0.2, 0.25) is 0 Å². The van der Waals surface area contributed by atoms with E-state index in [1.54, 1.807) is 0 Å². The van der Waals surface area contributed by atoms with Gasteiger partial charge < -0.3 is 10.1 Å². The third-order valence-electron chi connectivity index (χ3n) is 5.56. The van der Waals surface area contributed by atoms with Gasteiger partial charge in [0.2, 0.25) is 0 Å². The molecule has 0 spiro atoms. The van der Waals surface area contributed by atoms with Gasteiger partial charge in [0, 0.05) is 0 Å². The number of nitrogens with one attached hydrogen (secondary N) is 1. The van der Waals surface area contributed by atoms with Gasteiger partial charge in [-0.3, -0.25) is 0 Å². The highest BCUT2D eigenvalue weighted by atomic mass is 16.5. The van der Waals surface area contributed by atoms with E-state index < -0.39 is 0 Å². The van der Waals surface area contributed by atoms with E-state index in [0.29, 0.717) is 17.6 Å². The van der Waals surface area contributed by atoms with Crippen molar-refractivity contribution in [1.82, 2.24) is 0 Å². The number of fused-ring (bicyclic) bond motifs is 2. The summed E-state index contributed by atoms with van der Waals surface area (Å²) in [4.78, 5) is 0. The molecule has 110 valence electrons. The lowest BCUT2D eigenvalue weighted by molar-refractivity contribution is 0.0612. The minimum absolute atomic E-state index is 0.356. The van der Waals surface area contributed by atoms with E-state index in [4.69, 9.17) is 4.74 Å². The third-order valence-corrected chi connectivity index (χ3v) is 5.56. The van der Waals surface area contributed by atoms with Gasteiger partial charge in [-0.05, 0) is 55.2 Å². The van der Waals surface area contributed by atoms with E-state index in [9.17, 15) is 0 Å². The van der Waals surface area contributed by atoms with Crippen LogP contribution in [0.1, 0.15) is 52.0 Å². The fourth-order valence-electron chi connectivity index (χ4n) is 3.66. The third kappa shape index (κ3) is 2.41. The monoisotopic (exact) mass is 273 g/mol. The molecule has 3 atom stereocenters. The van der Waals surface area contributed by atoms with Gasteiger partial charge in [0.15, 0.2) is 0 Å². The lowest BCUT2D eigenvalue weighted by Gasteiger charge is -2.45. The first-order chi connectivity index (χ1) is 9.49. The number of ether oxygens (including phenoxy) is 1. The summed E-state index contributed by atoms with van der Waals surface area (Å²) < 4.78 is 6.22. The van der Waals surface area contributed by atoms with Gasteiger partial charge in [0.1, 0.15) is 11.9 Å². The fraction of sp³-hybridized carbons (Fsp3) is 0.667. The van der Waals surface area contributed by atoms with Crippen molar-refractivity contribution >= 4 is 5.69 Å². The molecular formula is C18H27NO. The Balaban J connectivity index is 1.78. The summed E-state index contributed by atoms with van der Waals surface area (Å²) in [5, 5.41) is 3.74. The van der Waals surface area contributed by atoms with Gasteiger partial charge in [-0.1, -0.05) is 33.3 Å². The zero-order valence-corrected chi connectivity index (χ0v) is 13.2. The Morgan fingerprint density at radius 3 is 2.85 bits per heavy atom. The SMILES string of the molecule is CCC(C)(C)C1CCC2Oc3ccc(C)cc3NC2C1. The van der Waals surface area contributed by atoms with E-state index in [2.05, 4.69) is 51.2 Å². The predicted octanol–water partition coefficient (Wildman–Crippen LogP) is 4.77. The summed E-state index contributed by atoms with van der Waals surface area (Å²) in [6.45, 7) is 9.28. The van der Waals surface area contributed by atoms with E-state index in [-0.39, 0.29) is 0 Å². The zero-order chi connectivity index (χ0) is 14.3. The summed E-state index contributed by atoms with van der Waals surface area (Å²) in [5.41, 5.74) is 2.92. The van der Waals surface area contributed by atoms with Crippen LogP contribution in [0, 0.1) is 18.3 Å². The number of hydrogen-bond donors (Lipinski definition) is 1. The molecule has 2 aliphatic rings. The predicted molar refractivity (Wildman–Crippen MR) is 84.4 cm³/mol. The number of aryl methyl sites for hydroxylation is 1. The molecule has 1 aromatic rings. The second-order valence-corrected chi connectivity index (χ2v) is 7.26. The van der Waals surface area contributed by atoms with Crippen LogP contribution in [0.3, 0.4) is 0 Å². The second-order valence-electron chi connectivity index (χ2n) is 7.26. The Hall–Kier alpha value is -1.18. The molecule has 0 radical (unpaired) electrons. The standard InChI is InChI=1S/C18H27NO/c1-5-18(3,4)13-7-9-17-15(11-13)19-14-10-12(2)6-8-16(14)20-17/h6,8,10,13,15,17,19H,5,7,9,11H2,1-4H3. The molecule has 1 heterocycles. The molecule has 1 saturated carbocycles. The quantitative estimate of drug-likeness (QED) is 0.838. The Morgan fingerprint density at radius 1 is 1.30 bits per heavy atom. The maximum absolute atomic E-state index is 6.22. The molecule has 0 bridgehead atoms.